The number of hydrogen-bond acceptors (Lipinski definition) is 3. The molecule has 0 heterocycles. The molecule has 0 atom stereocenters. The zero-order chi connectivity index (χ0) is 18.8. The first-order chi connectivity index (χ1) is 12.0. The Morgan fingerprint density at radius 2 is 1.36 bits per heavy atom. The van der Waals surface area contributed by atoms with E-state index in [9.17, 15) is 0 Å². The second-order valence-electron chi connectivity index (χ2n) is 7.87. The summed E-state index contributed by atoms with van der Waals surface area (Å²) in [6.07, 6.45) is 8.43. The molecule has 1 rings (SSSR count). The molecule has 1 fully saturated rings. The van der Waals surface area contributed by atoms with Gasteiger partial charge in [0, 0.05) is 19.3 Å². The van der Waals surface area contributed by atoms with Gasteiger partial charge in [0.25, 0.3) is 0 Å². The molecule has 0 bridgehead atoms. The van der Waals surface area contributed by atoms with Gasteiger partial charge in [-0.15, -0.1) is 0 Å². The van der Waals surface area contributed by atoms with Crippen LogP contribution in [0.25, 0.3) is 0 Å². The van der Waals surface area contributed by atoms with Gasteiger partial charge in [-0.25, -0.2) is 0 Å². The quantitative estimate of drug-likeness (QED) is 0.353. The zero-order valence-corrected chi connectivity index (χ0v) is 20.0. The molecule has 1 saturated carbocycles. The average molecular weight is 388 g/mol. The van der Waals surface area contributed by atoms with Crippen molar-refractivity contribution in [2.24, 2.45) is 0 Å². The fourth-order valence-electron chi connectivity index (χ4n) is 4.93. The molecule has 0 aromatic carbocycles. The van der Waals surface area contributed by atoms with Crippen LogP contribution in [0, 0.1) is 0 Å². The highest BCUT2D eigenvalue weighted by molar-refractivity contribution is 6.77. The van der Waals surface area contributed by atoms with Gasteiger partial charge in [-0.2, -0.15) is 0 Å². The third-order valence-electron chi connectivity index (χ3n) is 6.53. The van der Waals surface area contributed by atoms with Crippen LogP contribution in [0.4, 0.5) is 0 Å². The van der Waals surface area contributed by atoms with Gasteiger partial charge in [0.2, 0.25) is 0 Å². The lowest BCUT2D eigenvalue weighted by molar-refractivity contribution is 0.185. The molecule has 5 heteroatoms. The molecular formula is C20H45NO2Si2. The molecule has 0 aromatic rings. The van der Waals surface area contributed by atoms with Crippen molar-refractivity contribution in [1.29, 1.82) is 0 Å². The van der Waals surface area contributed by atoms with Crippen LogP contribution in [0.15, 0.2) is 0 Å². The van der Waals surface area contributed by atoms with Crippen molar-refractivity contribution < 1.29 is 8.85 Å². The minimum absolute atomic E-state index is 0.784. The maximum absolute atomic E-state index is 6.07. The van der Waals surface area contributed by atoms with Crippen LogP contribution < -0.4 is 0 Å². The Hall–Kier alpha value is 0.314. The number of rotatable bonds is 13. The minimum atomic E-state index is -1.97. The lowest BCUT2D eigenvalue weighted by Gasteiger charge is -2.47. The predicted octanol–water partition coefficient (Wildman–Crippen LogP) is 6.16. The van der Waals surface area contributed by atoms with E-state index in [2.05, 4.69) is 45.7 Å². The summed E-state index contributed by atoms with van der Waals surface area (Å²) in [6, 6.07) is 6.21. The molecular weight excluding hydrogens is 342 g/mol. The topological polar surface area (TPSA) is 21.7 Å². The summed E-state index contributed by atoms with van der Waals surface area (Å²) >= 11 is 0. The van der Waals surface area contributed by atoms with Crippen LogP contribution in [-0.4, -0.2) is 47.2 Å². The first-order valence-corrected chi connectivity index (χ1v) is 16.1. The van der Waals surface area contributed by atoms with Crippen LogP contribution in [0.1, 0.15) is 73.1 Å². The van der Waals surface area contributed by atoms with E-state index < -0.39 is 16.8 Å². The van der Waals surface area contributed by atoms with Gasteiger partial charge >= 0.3 is 8.56 Å². The van der Waals surface area contributed by atoms with E-state index in [1.807, 2.05) is 0 Å². The summed E-state index contributed by atoms with van der Waals surface area (Å²) in [5, 5.41) is 0. The number of hydrogen-bond donors (Lipinski definition) is 0. The summed E-state index contributed by atoms with van der Waals surface area (Å²) < 4.78 is 15.2. The Balaban J connectivity index is 2.79. The van der Waals surface area contributed by atoms with E-state index >= 15 is 0 Å². The first kappa shape index (κ1) is 23.4. The summed E-state index contributed by atoms with van der Waals surface area (Å²) in [4.78, 5) is 0. The van der Waals surface area contributed by atoms with Crippen LogP contribution in [-0.2, 0) is 8.85 Å². The molecule has 3 nitrogen and oxygen atoms in total. The molecule has 25 heavy (non-hydrogen) atoms. The van der Waals surface area contributed by atoms with Crippen LogP contribution in [0.3, 0.4) is 0 Å². The van der Waals surface area contributed by atoms with Gasteiger partial charge in [-0.1, -0.05) is 40.0 Å². The van der Waals surface area contributed by atoms with Crippen molar-refractivity contribution in [3.05, 3.63) is 0 Å². The predicted molar refractivity (Wildman–Crippen MR) is 115 cm³/mol. The Kier molecular flexibility index (Phi) is 11.1. The molecule has 0 saturated heterocycles. The van der Waals surface area contributed by atoms with Crippen LogP contribution >= 0.6 is 0 Å². The third kappa shape index (κ3) is 6.76. The van der Waals surface area contributed by atoms with Crippen molar-refractivity contribution in [3.63, 3.8) is 0 Å². The molecule has 0 unspecified atom stereocenters. The highest BCUT2D eigenvalue weighted by Gasteiger charge is 2.39. The van der Waals surface area contributed by atoms with Crippen molar-refractivity contribution in [2.75, 3.05) is 19.8 Å². The fourth-order valence-corrected chi connectivity index (χ4v) is 11.7. The molecule has 0 aliphatic heterocycles. The van der Waals surface area contributed by atoms with Crippen molar-refractivity contribution in [2.45, 2.75) is 110 Å². The molecule has 0 aromatic heterocycles. The van der Waals surface area contributed by atoms with Gasteiger partial charge in [-0.3, -0.25) is 0 Å². The second-order valence-corrected chi connectivity index (χ2v) is 16.4. The highest BCUT2D eigenvalue weighted by Crippen LogP contribution is 2.33. The smallest absolute Gasteiger partial charge is 0.334 e. The molecule has 0 N–H and O–H groups in total. The van der Waals surface area contributed by atoms with E-state index in [1.54, 1.807) is 0 Å². The largest absolute Gasteiger partial charge is 0.395 e. The second kappa shape index (κ2) is 11.9. The summed E-state index contributed by atoms with van der Waals surface area (Å²) in [5.41, 5.74) is 0. The molecule has 1 aliphatic carbocycles. The van der Waals surface area contributed by atoms with Gasteiger partial charge in [0.1, 0.15) is 8.24 Å². The first-order valence-electron chi connectivity index (χ1n) is 11.0. The number of nitrogens with zero attached hydrogens (tertiary/aromatic N) is 1. The maximum atomic E-state index is 6.07. The van der Waals surface area contributed by atoms with Crippen molar-refractivity contribution in [3.8, 4) is 0 Å². The lowest BCUT2D eigenvalue weighted by atomic mass is 9.95. The summed E-state index contributed by atoms with van der Waals surface area (Å²) in [6.45, 7) is 16.7. The Morgan fingerprint density at radius 1 is 0.840 bits per heavy atom. The third-order valence-corrected chi connectivity index (χ3v) is 15.3. The Labute approximate surface area is 160 Å². The van der Waals surface area contributed by atoms with E-state index in [0.717, 1.165) is 25.3 Å². The van der Waals surface area contributed by atoms with E-state index in [0.29, 0.717) is 0 Å². The molecule has 150 valence electrons. The Bertz CT molecular complexity index is 330. The van der Waals surface area contributed by atoms with E-state index in [4.69, 9.17) is 8.85 Å². The van der Waals surface area contributed by atoms with Crippen molar-refractivity contribution in [1.82, 2.24) is 4.57 Å². The SMILES string of the molecule is CCO[Si](C)(CCCN(C1CCCCC1)[Si](CC)(CC)CC)OCC. The Morgan fingerprint density at radius 3 is 1.80 bits per heavy atom. The molecule has 0 spiro atoms. The van der Waals surface area contributed by atoms with Gasteiger partial charge in [0.15, 0.2) is 0 Å². The molecule has 1 aliphatic rings. The highest BCUT2D eigenvalue weighted by atomic mass is 28.4. The standard InChI is InChI=1S/C20H45NO2Si2/c1-7-22-24(6,23-8-2)19-15-18-21(20-16-13-12-14-17-20)25(9-3,10-4)11-5/h20H,7-19H2,1-6H3. The fraction of sp³-hybridized carbons (Fsp3) is 1.00. The zero-order valence-electron chi connectivity index (χ0n) is 18.0. The minimum Gasteiger partial charge on any atom is -0.395 e. The van der Waals surface area contributed by atoms with Crippen LogP contribution in [0.2, 0.25) is 30.7 Å². The molecule has 0 amide bonds. The van der Waals surface area contributed by atoms with Gasteiger partial charge < -0.3 is 13.4 Å². The van der Waals surface area contributed by atoms with Crippen LogP contribution in [0.5, 0.6) is 0 Å². The van der Waals surface area contributed by atoms with Gasteiger partial charge in [0.05, 0.1) is 0 Å². The average Bonchev–Trinajstić information content (AvgIpc) is 2.63. The summed E-state index contributed by atoms with van der Waals surface area (Å²) in [7, 11) is -3.27. The van der Waals surface area contributed by atoms with E-state index in [-0.39, 0.29) is 0 Å². The maximum Gasteiger partial charge on any atom is 0.334 e. The monoisotopic (exact) mass is 387 g/mol. The van der Waals surface area contributed by atoms with Crippen molar-refractivity contribution >= 4 is 16.8 Å². The molecule has 0 radical (unpaired) electrons. The normalized spacial score (nSPS) is 17.4. The van der Waals surface area contributed by atoms with Gasteiger partial charge in [-0.05, 0) is 70.4 Å². The lowest BCUT2D eigenvalue weighted by Crippen LogP contribution is -2.57. The van der Waals surface area contributed by atoms with E-state index in [1.165, 1.54) is 63.2 Å². The summed E-state index contributed by atoms with van der Waals surface area (Å²) in [5.74, 6) is 0.